The average molecular weight is 262 g/mol. The summed E-state index contributed by atoms with van der Waals surface area (Å²) < 4.78 is 11.1. The average Bonchev–Trinajstić information content (AvgIpc) is 2.93. The number of nitrogens with zero attached hydrogens (tertiary/aromatic N) is 3. The third-order valence-electron chi connectivity index (χ3n) is 2.39. The van der Waals surface area contributed by atoms with Crippen LogP contribution in [-0.4, -0.2) is 22.2 Å². The van der Waals surface area contributed by atoms with Crippen LogP contribution in [0.3, 0.4) is 0 Å². The largest absolute Gasteiger partial charge is 0.377 e. The molecule has 0 saturated carbocycles. The molecule has 0 saturated heterocycles. The van der Waals surface area contributed by atoms with E-state index in [0.717, 1.165) is 15.8 Å². The van der Waals surface area contributed by atoms with E-state index in [1.165, 1.54) is 11.3 Å². The molecule has 3 aromatic rings. The second-order valence-electron chi connectivity index (χ2n) is 3.68. The molecule has 0 aliphatic heterocycles. The zero-order chi connectivity index (χ0) is 12.5. The van der Waals surface area contributed by atoms with E-state index in [9.17, 15) is 0 Å². The van der Waals surface area contributed by atoms with E-state index >= 15 is 0 Å². The van der Waals surface area contributed by atoms with Gasteiger partial charge in [-0.15, -0.1) is 0 Å². The summed E-state index contributed by atoms with van der Waals surface area (Å²) in [6, 6.07) is 5.71. The Balaban J connectivity index is 2.01. The summed E-state index contributed by atoms with van der Waals surface area (Å²) in [6.45, 7) is 0.333. The molecule has 0 amide bonds. The van der Waals surface area contributed by atoms with E-state index in [1.807, 2.05) is 18.2 Å². The minimum atomic E-state index is 0.333. The van der Waals surface area contributed by atoms with Gasteiger partial charge in [0.05, 0.1) is 10.2 Å². The summed E-state index contributed by atoms with van der Waals surface area (Å²) >= 11 is 1.43. The van der Waals surface area contributed by atoms with Crippen LogP contribution in [0.25, 0.3) is 21.7 Å². The molecule has 0 radical (unpaired) electrons. The summed E-state index contributed by atoms with van der Waals surface area (Å²) in [4.78, 5) is 8.43. The van der Waals surface area contributed by atoms with Crippen molar-refractivity contribution in [3.63, 3.8) is 0 Å². The zero-order valence-corrected chi connectivity index (χ0v) is 10.4. The number of ether oxygens (including phenoxy) is 1. The van der Waals surface area contributed by atoms with Crippen molar-refractivity contribution in [3.8, 4) is 11.5 Å². The maximum absolute atomic E-state index is 5.66. The molecule has 6 nitrogen and oxygen atoms in total. The van der Waals surface area contributed by atoms with Crippen molar-refractivity contribution < 1.29 is 9.26 Å². The van der Waals surface area contributed by atoms with Gasteiger partial charge in [0.25, 0.3) is 5.89 Å². The minimum Gasteiger partial charge on any atom is -0.377 e. The monoisotopic (exact) mass is 262 g/mol. The van der Waals surface area contributed by atoms with Crippen molar-refractivity contribution in [1.82, 2.24) is 15.1 Å². The molecule has 3 rings (SSSR count). The highest BCUT2D eigenvalue weighted by Crippen LogP contribution is 2.28. The Morgan fingerprint density at radius 3 is 3.11 bits per heavy atom. The van der Waals surface area contributed by atoms with Gasteiger partial charge >= 0.3 is 0 Å². The number of nitrogens with two attached hydrogens (primary N) is 1. The number of methoxy groups -OCH3 is 1. The second-order valence-corrected chi connectivity index (χ2v) is 4.75. The highest BCUT2D eigenvalue weighted by Gasteiger charge is 2.10. The molecule has 0 fully saturated rings. The van der Waals surface area contributed by atoms with E-state index in [2.05, 4.69) is 15.1 Å². The fraction of sp³-hybridized carbons (Fsp3) is 0.182. The molecule has 0 atom stereocenters. The lowest BCUT2D eigenvalue weighted by atomic mass is 10.2. The van der Waals surface area contributed by atoms with E-state index in [-0.39, 0.29) is 0 Å². The molecule has 0 aliphatic carbocycles. The number of anilines is 1. The van der Waals surface area contributed by atoms with Gasteiger partial charge in [0.1, 0.15) is 6.61 Å². The van der Waals surface area contributed by atoms with Crippen LogP contribution < -0.4 is 5.73 Å². The second kappa shape index (κ2) is 4.35. The van der Waals surface area contributed by atoms with Crippen LogP contribution in [0.5, 0.6) is 0 Å². The van der Waals surface area contributed by atoms with Crippen molar-refractivity contribution in [2.75, 3.05) is 12.8 Å². The fourth-order valence-corrected chi connectivity index (χ4v) is 2.41. The van der Waals surface area contributed by atoms with Crippen molar-refractivity contribution in [1.29, 1.82) is 0 Å². The minimum absolute atomic E-state index is 0.333. The van der Waals surface area contributed by atoms with Gasteiger partial charge in [0.15, 0.2) is 11.0 Å². The van der Waals surface area contributed by atoms with Crippen LogP contribution in [0.2, 0.25) is 0 Å². The predicted octanol–water partition coefficient (Wildman–Crippen LogP) is 2.07. The van der Waals surface area contributed by atoms with E-state index < -0.39 is 0 Å². The molecule has 2 N–H and O–H groups in total. The third kappa shape index (κ3) is 1.93. The first kappa shape index (κ1) is 11.1. The molecule has 7 heteroatoms. The molecule has 2 aromatic heterocycles. The molecule has 0 bridgehead atoms. The van der Waals surface area contributed by atoms with Crippen LogP contribution in [0, 0.1) is 0 Å². The predicted molar refractivity (Wildman–Crippen MR) is 68.0 cm³/mol. The standard InChI is InChI=1S/C11H10N4O2S/c1-16-5-9-14-10(17-15-9)6-2-3-7-8(4-6)18-11(12)13-7/h2-4H,5H2,1H3,(H2,12,13). The van der Waals surface area contributed by atoms with Gasteiger partial charge in [-0.25, -0.2) is 4.98 Å². The topological polar surface area (TPSA) is 87.1 Å². The van der Waals surface area contributed by atoms with Gasteiger partial charge in [-0.2, -0.15) is 4.98 Å². The van der Waals surface area contributed by atoms with Crippen molar-refractivity contribution >= 4 is 26.7 Å². The quantitative estimate of drug-likeness (QED) is 0.777. The Kier molecular flexibility index (Phi) is 2.69. The number of fused-ring (bicyclic) bond motifs is 1. The summed E-state index contributed by atoms with van der Waals surface area (Å²) in [5.41, 5.74) is 7.38. The summed E-state index contributed by atoms with van der Waals surface area (Å²) in [7, 11) is 1.59. The lowest BCUT2D eigenvalue weighted by molar-refractivity contribution is 0.174. The lowest BCUT2D eigenvalue weighted by Crippen LogP contribution is -1.89. The highest BCUT2D eigenvalue weighted by molar-refractivity contribution is 7.22. The summed E-state index contributed by atoms with van der Waals surface area (Å²) in [6.07, 6.45) is 0. The van der Waals surface area contributed by atoms with Crippen molar-refractivity contribution in [3.05, 3.63) is 24.0 Å². The van der Waals surface area contributed by atoms with Gasteiger partial charge < -0.3 is 15.0 Å². The number of rotatable bonds is 3. The smallest absolute Gasteiger partial charge is 0.258 e. The maximum Gasteiger partial charge on any atom is 0.258 e. The highest BCUT2D eigenvalue weighted by atomic mass is 32.1. The van der Waals surface area contributed by atoms with Crippen molar-refractivity contribution in [2.45, 2.75) is 6.61 Å². The first-order valence-corrected chi connectivity index (χ1v) is 6.06. The van der Waals surface area contributed by atoms with E-state index in [0.29, 0.717) is 23.5 Å². The Bertz CT molecular complexity index is 691. The molecule has 1 aromatic carbocycles. The number of hydrogen-bond donors (Lipinski definition) is 1. The molecule has 2 heterocycles. The molecule has 18 heavy (non-hydrogen) atoms. The van der Waals surface area contributed by atoms with Crippen molar-refractivity contribution in [2.24, 2.45) is 0 Å². The fourth-order valence-electron chi connectivity index (χ4n) is 1.63. The Morgan fingerprint density at radius 2 is 2.28 bits per heavy atom. The first-order valence-electron chi connectivity index (χ1n) is 5.24. The summed E-state index contributed by atoms with van der Waals surface area (Å²) in [5, 5.41) is 4.37. The normalized spacial score (nSPS) is 11.2. The first-order chi connectivity index (χ1) is 8.76. The number of nitrogen functional groups attached to an aromatic ring is 1. The maximum atomic E-state index is 5.66. The number of hydrogen-bond acceptors (Lipinski definition) is 7. The lowest BCUT2D eigenvalue weighted by Gasteiger charge is -1.93. The summed E-state index contributed by atoms with van der Waals surface area (Å²) in [5.74, 6) is 0.993. The number of thiazole rings is 1. The van der Waals surface area contributed by atoms with E-state index in [4.69, 9.17) is 15.0 Å². The molecular formula is C11H10N4O2S. The number of aromatic nitrogens is 3. The van der Waals surface area contributed by atoms with Gasteiger partial charge in [-0.05, 0) is 18.2 Å². The Hall–Kier alpha value is -1.99. The van der Waals surface area contributed by atoms with Gasteiger partial charge in [0.2, 0.25) is 0 Å². The Morgan fingerprint density at radius 1 is 1.39 bits per heavy atom. The van der Waals surface area contributed by atoms with Gasteiger partial charge in [-0.3, -0.25) is 0 Å². The third-order valence-corrected chi connectivity index (χ3v) is 3.24. The van der Waals surface area contributed by atoms with E-state index in [1.54, 1.807) is 7.11 Å². The molecule has 0 spiro atoms. The van der Waals surface area contributed by atoms with Crippen LogP contribution in [0.4, 0.5) is 5.13 Å². The SMILES string of the molecule is COCc1noc(-c2ccc3nc(N)sc3c2)n1. The zero-order valence-electron chi connectivity index (χ0n) is 9.58. The molecule has 0 aliphatic rings. The van der Waals surface area contributed by atoms with Gasteiger partial charge in [-0.1, -0.05) is 16.5 Å². The van der Waals surface area contributed by atoms with Crippen LogP contribution in [0.15, 0.2) is 22.7 Å². The Labute approximate surface area is 106 Å². The molecule has 0 unspecified atom stereocenters. The van der Waals surface area contributed by atoms with Crippen LogP contribution in [0.1, 0.15) is 5.82 Å². The van der Waals surface area contributed by atoms with Crippen LogP contribution in [-0.2, 0) is 11.3 Å². The number of benzene rings is 1. The van der Waals surface area contributed by atoms with Crippen LogP contribution >= 0.6 is 11.3 Å². The molecular weight excluding hydrogens is 252 g/mol. The van der Waals surface area contributed by atoms with Gasteiger partial charge in [0, 0.05) is 12.7 Å². The molecule has 92 valence electrons.